The Morgan fingerprint density at radius 2 is 1.77 bits per heavy atom. The highest BCUT2D eigenvalue weighted by molar-refractivity contribution is 6.23. The van der Waals surface area contributed by atoms with Crippen molar-refractivity contribution in [3.05, 3.63) is 29.1 Å². The Kier molecular flexibility index (Phi) is 5.09. The van der Waals surface area contributed by atoms with Crippen LogP contribution in [0.3, 0.4) is 0 Å². The zero-order valence-corrected chi connectivity index (χ0v) is 17.1. The van der Waals surface area contributed by atoms with E-state index in [0.29, 0.717) is 18.8 Å². The molecule has 2 N–H and O–H groups in total. The number of hydrogen-bond donors (Lipinski definition) is 2. The van der Waals surface area contributed by atoms with Crippen molar-refractivity contribution >= 4 is 29.3 Å². The van der Waals surface area contributed by atoms with Crippen LogP contribution in [-0.2, 0) is 9.59 Å². The highest BCUT2D eigenvalue weighted by Crippen LogP contribution is 2.36. The van der Waals surface area contributed by atoms with E-state index in [-0.39, 0.29) is 29.4 Å². The van der Waals surface area contributed by atoms with Crippen LogP contribution in [0.15, 0.2) is 12.1 Å². The Bertz CT molecular complexity index is 939. The van der Waals surface area contributed by atoms with Gasteiger partial charge >= 0.3 is 0 Å². The second-order valence-electron chi connectivity index (χ2n) is 8.62. The van der Waals surface area contributed by atoms with Gasteiger partial charge in [0, 0.05) is 26.1 Å². The Labute approximate surface area is 173 Å². The molecule has 1 atom stereocenters. The van der Waals surface area contributed by atoms with Crippen LogP contribution in [0.2, 0.25) is 0 Å². The first-order valence-corrected chi connectivity index (χ1v) is 10.2. The molecule has 0 saturated carbocycles. The van der Waals surface area contributed by atoms with Gasteiger partial charge in [0.05, 0.1) is 16.8 Å². The van der Waals surface area contributed by atoms with E-state index in [9.17, 15) is 23.6 Å². The quantitative estimate of drug-likeness (QED) is 0.712. The van der Waals surface area contributed by atoms with E-state index < -0.39 is 35.5 Å². The molecule has 3 aliphatic heterocycles. The van der Waals surface area contributed by atoms with E-state index >= 15 is 0 Å². The molecular formula is C21H25FN4O4. The van der Waals surface area contributed by atoms with Gasteiger partial charge in [-0.3, -0.25) is 29.4 Å². The van der Waals surface area contributed by atoms with Crippen molar-refractivity contribution < 1.29 is 23.6 Å². The Balaban J connectivity index is 1.59. The Morgan fingerprint density at radius 3 is 2.37 bits per heavy atom. The Morgan fingerprint density at radius 1 is 1.13 bits per heavy atom. The van der Waals surface area contributed by atoms with Crippen molar-refractivity contribution in [2.75, 3.05) is 31.6 Å². The number of anilines is 1. The molecular weight excluding hydrogens is 391 g/mol. The number of imide groups is 2. The van der Waals surface area contributed by atoms with Crippen LogP contribution in [0.5, 0.6) is 0 Å². The number of benzene rings is 1. The molecule has 2 fully saturated rings. The van der Waals surface area contributed by atoms with Gasteiger partial charge in [-0.1, -0.05) is 6.92 Å². The van der Waals surface area contributed by atoms with Crippen LogP contribution in [0.1, 0.15) is 53.3 Å². The summed E-state index contributed by atoms with van der Waals surface area (Å²) in [5.74, 6) is -2.99. The zero-order chi connectivity index (χ0) is 21.6. The van der Waals surface area contributed by atoms with E-state index in [1.54, 1.807) is 0 Å². The van der Waals surface area contributed by atoms with Crippen molar-refractivity contribution in [1.82, 2.24) is 15.5 Å². The molecule has 0 aliphatic carbocycles. The number of nitrogens with zero attached hydrogens (tertiary/aromatic N) is 2. The number of halogens is 1. The summed E-state index contributed by atoms with van der Waals surface area (Å²) in [5, 5.41) is 5.35. The maximum absolute atomic E-state index is 14.9. The fourth-order valence-electron chi connectivity index (χ4n) is 4.61. The maximum atomic E-state index is 14.9. The van der Waals surface area contributed by atoms with E-state index in [1.807, 2.05) is 11.9 Å². The molecule has 0 radical (unpaired) electrons. The minimum absolute atomic E-state index is 0.0389. The lowest BCUT2D eigenvalue weighted by molar-refractivity contribution is -0.136. The van der Waals surface area contributed by atoms with Crippen LogP contribution in [0.4, 0.5) is 10.1 Å². The molecule has 3 aliphatic rings. The van der Waals surface area contributed by atoms with Crippen molar-refractivity contribution in [3.8, 4) is 0 Å². The second kappa shape index (κ2) is 7.46. The number of fused-ring (bicyclic) bond motifs is 1. The summed E-state index contributed by atoms with van der Waals surface area (Å²) in [6, 6.07) is 1.47. The minimum atomic E-state index is -1.06. The fraction of sp³-hybridized carbons (Fsp3) is 0.524. The SMILES string of the molecule is CNCC1(C)CCN(c2cc3c(cc2F)C(=O)N(C2CCC(=O)NC2=O)C3=O)CC1. The van der Waals surface area contributed by atoms with Gasteiger partial charge in [0.25, 0.3) is 11.8 Å². The smallest absolute Gasteiger partial charge is 0.262 e. The number of hydrogen-bond acceptors (Lipinski definition) is 6. The monoisotopic (exact) mass is 416 g/mol. The summed E-state index contributed by atoms with van der Waals surface area (Å²) < 4.78 is 14.9. The number of piperidine rings is 2. The van der Waals surface area contributed by atoms with Crippen molar-refractivity contribution in [2.45, 2.75) is 38.6 Å². The van der Waals surface area contributed by atoms with Crippen LogP contribution in [0, 0.1) is 11.2 Å². The normalized spacial score (nSPS) is 23.6. The number of amides is 4. The number of carbonyl (C=O) groups is 4. The highest BCUT2D eigenvalue weighted by Gasteiger charge is 2.45. The summed E-state index contributed by atoms with van der Waals surface area (Å²) in [4.78, 5) is 52.1. The minimum Gasteiger partial charge on any atom is -0.369 e. The maximum Gasteiger partial charge on any atom is 0.262 e. The number of rotatable bonds is 4. The molecule has 3 heterocycles. The third kappa shape index (κ3) is 3.36. The van der Waals surface area contributed by atoms with Crippen LogP contribution in [0.25, 0.3) is 0 Å². The first kappa shape index (κ1) is 20.5. The lowest BCUT2D eigenvalue weighted by Gasteiger charge is -2.40. The topological polar surface area (TPSA) is 98.8 Å². The van der Waals surface area contributed by atoms with Gasteiger partial charge in [-0.15, -0.1) is 0 Å². The van der Waals surface area contributed by atoms with Crippen molar-refractivity contribution in [1.29, 1.82) is 0 Å². The van der Waals surface area contributed by atoms with Gasteiger partial charge < -0.3 is 10.2 Å². The molecule has 2 saturated heterocycles. The van der Waals surface area contributed by atoms with Gasteiger partial charge in [-0.2, -0.15) is 0 Å². The third-order valence-corrected chi connectivity index (χ3v) is 6.42. The summed E-state index contributed by atoms with van der Waals surface area (Å²) in [6.45, 7) is 4.36. The summed E-state index contributed by atoms with van der Waals surface area (Å²) in [5.41, 5.74) is 0.492. The van der Waals surface area contributed by atoms with Crippen molar-refractivity contribution in [2.24, 2.45) is 5.41 Å². The van der Waals surface area contributed by atoms with Gasteiger partial charge in [0.2, 0.25) is 11.8 Å². The van der Waals surface area contributed by atoms with Crippen molar-refractivity contribution in [3.63, 3.8) is 0 Å². The van der Waals surface area contributed by atoms with Gasteiger partial charge in [-0.05, 0) is 43.9 Å². The lowest BCUT2D eigenvalue weighted by Crippen LogP contribution is -2.54. The molecule has 0 aromatic heterocycles. The molecule has 8 nitrogen and oxygen atoms in total. The predicted octanol–water partition coefficient (Wildman–Crippen LogP) is 1.05. The second-order valence-corrected chi connectivity index (χ2v) is 8.62. The average molecular weight is 416 g/mol. The molecule has 4 amide bonds. The van der Waals surface area contributed by atoms with Gasteiger partial charge in [0.15, 0.2) is 0 Å². The predicted molar refractivity (Wildman–Crippen MR) is 107 cm³/mol. The molecule has 0 bridgehead atoms. The first-order chi connectivity index (χ1) is 14.2. The molecule has 0 spiro atoms. The van der Waals surface area contributed by atoms with Gasteiger partial charge in [0.1, 0.15) is 11.9 Å². The largest absolute Gasteiger partial charge is 0.369 e. The van der Waals surface area contributed by atoms with Crippen LogP contribution < -0.4 is 15.5 Å². The average Bonchev–Trinajstić information content (AvgIpc) is 2.92. The zero-order valence-electron chi connectivity index (χ0n) is 17.1. The molecule has 9 heteroatoms. The molecule has 4 rings (SSSR count). The van der Waals surface area contributed by atoms with Crippen LogP contribution >= 0.6 is 0 Å². The van der Waals surface area contributed by atoms with E-state index in [1.165, 1.54) is 6.07 Å². The third-order valence-electron chi connectivity index (χ3n) is 6.42. The number of carbonyl (C=O) groups excluding carboxylic acids is 4. The summed E-state index contributed by atoms with van der Waals surface area (Å²) in [6.07, 6.45) is 1.86. The molecule has 1 aromatic rings. The molecule has 160 valence electrons. The first-order valence-electron chi connectivity index (χ1n) is 10.2. The number of nitrogens with one attached hydrogen (secondary N) is 2. The van der Waals surface area contributed by atoms with E-state index in [2.05, 4.69) is 17.6 Å². The highest BCUT2D eigenvalue weighted by atomic mass is 19.1. The standard InChI is InChI=1S/C21H25FN4O4/c1-21(11-23-2)5-7-25(8-6-21)16-10-13-12(9-14(16)22)19(29)26(20(13)30)15-3-4-17(27)24-18(15)28/h9-10,15,23H,3-8,11H2,1-2H3,(H,24,27,28). The van der Waals surface area contributed by atoms with E-state index in [0.717, 1.165) is 30.4 Å². The van der Waals surface area contributed by atoms with Crippen LogP contribution in [-0.4, -0.2) is 61.3 Å². The molecule has 1 unspecified atom stereocenters. The van der Waals surface area contributed by atoms with E-state index in [4.69, 9.17) is 0 Å². The Hall–Kier alpha value is -2.81. The summed E-state index contributed by atoms with van der Waals surface area (Å²) in [7, 11) is 1.91. The summed E-state index contributed by atoms with van der Waals surface area (Å²) >= 11 is 0. The molecule has 30 heavy (non-hydrogen) atoms. The van der Waals surface area contributed by atoms with Gasteiger partial charge in [-0.25, -0.2) is 4.39 Å². The molecule has 1 aromatic carbocycles. The fourth-order valence-corrected chi connectivity index (χ4v) is 4.61. The lowest BCUT2D eigenvalue weighted by atomic mass is 9.80.